The van der Waals surface area contributed by atoms with Gasteiger partial charge >= 0.3 is 5.97 Å². The number of hydrogen-bond donors (Lipinski definition) is 0. The summed E-state index contributed by atoms with van der Waals surface area (Å²) in [5, 5.41) is 0. The van der Waals surface area contributed by atoms with Gasteiger partial charge in [-0.3, -0.25) is 14.8 Å². The Morgan fingerprint density at radius 3 is 3.18 bits per heavy atom. The minimum atomic E-state index is -0.291. The number of nitrogens with zero attached hydrogens (tertiary/aromatic N) is 2. The molecule has 1 saturated carbocycles. The molecule has 1 aromatic rings. The fraction of sp³-hybridized carbons (Fsp3) is 0.462. The minimum Gasteiger partial charge on any atom is -0.465 e. The highest BCUT2D eigenvalue weighted by molar-refractivity contribution is 5.83. The van der Waals surface area contributed by atoms with Crippen LogP contribution in [-0.2, 0) is 9.53 Å². The quantitative estimate of drug-likeness (QED) is 0.576. The third-order valence-electron chi connectivity index (χ3n) is 2.59. The Balaban J connectivity index is 1.98. The molecule has 1 fully saturated rings. The first-order valence-electron chi connectivity index (χ1n) is 5.91. The Bertz CT molecular complexity index is 425. The number of hydrogen-bond acceptors (Lipinski definition) is 4. The molecule has 1 heterocycles. The molecule has 4 heteroatoms. The lowest BCUT2D eigenvalue weighted by atomic mass is 10.1. The third kappa shape index (κ3) is 3.37. The topological polar surface area (TPSA) is 51.5 Å². The fourth-order valence-corrected chi connectivity index (χ4v) is 1.66. The van der Waals surface area contributed by atoms with Crippen LogP contribution in [0.15, 0.2) is 23.3 Å². The Labute approximate surface area is 101 Å². The molecule has 0 amide bonds. The first-order chi connectivity index (χ1) is 8.31. The van der Waals surface area contributed by atoms with Gasteiger partial charge in [-0.15, -0.1) is 0 Å². The van der Waals surface area contributed by atoms with Crippen LogP contribution in [0.1, 0.15) is 36.9 Å². The van der Waals surface area contributed by atoms with Crippen molar-refractivity contribution in [3.8, 4) is 0 Å². The summed E-state index contributed by atoms with van der Waals surface area (Å²) in [5.74, 6) is 0.292. The van der Waals surface area contributed by atoms with Crippen LogP contribution in [0.5, 0.6) is 0 Å². The maximum absolute atomic E-state index is 11.1. The second-order valence-electron chi connectivity index (χ2n) is 4.03. The second kappa shape index (κ2) is 5.57. The van der Waals surface area contributed by atoms with Gasteiger partial charge in [0.25, 0.3) is 0 Å². The van der Waals surface area contributed by atoms with Crippen molar-refractivity contribution in [2.24, 2.45) is 4.99 Å². The van der Waals surface area contributed by atoms with Crippen molar-refractivity contribution in [2.45, 2.75) is 25.7 Å². The van der Waals surface area contributed by atoms with E-state index in [4.69, 9.17) is 4.74 Å². The highest BCUT2D eigenvalue weighted by atomic mass is 16.5. The number of esters is 1. The molecule has 17 heavy (non-hydrogen) atoms. The van der Waals surface area contributed by atoms with E-state index >= 15 is 0 Å². The molecule has 0 aromatic carbocycles. The highest BCUT2D eigenvalue weighted by Gasteiger charge is 2.26. The van der Waals surface area contributed by atoms with Crippen LogP contribution in [0.3, 0.4) is 0 Å². The number of aromatic nitrogens is 1. The van der Waals surface area contributed by atoms with E-state index in [1.165, 1.54) is 12.8 Å². The average Bonchev–Trinajstić information content (AvgIpc) is 3.14. The van der Waals surface area contributed by atoms with Gasteiger partial charge in [0, 0.05) is 23.9 Å². The van der Waals surface area contributed by atoms with Gasteiger partial charge in [-0.05, 0) is 25.8 Å². The molecule has 2 rings (SSSR count). The maximum Gasteiger partial charge on any atom is 0.327 e. The van der Waals surface area contributed by atoms with Crippen LogP contribution < -0.4 is 0 Å². The summed E-state index contributed by atoms with van der Waals surface area (Å²) in [6.07, 6.45) is 5.93. The van der Waals surface area contributed by atoms with Crippen LogP contribution >= 0.6 is 0 Å². The summed E-state index contributed by atoms with van der Waals surface area (Å²) in [4.78, 5) is 19.6. The summed E-state index contributed by atoms with van der Waals surface area (Å²) in [7, 11) is 0. The predicted molar refractivity (Wildman–Crippen MR) is 65.3 cm³/mol. The SMILES string of the molecule is CCOC(=O)CN=Cc1cccnc1C1CC1. The molecule has 1 aliphatic rings. The van der Waals surface area contributed by atoms with Gasteiger partial charge < -0.3 is 4.74 Å². The molecule has 90 valence electrons. The van der Waals surface area contributed by atoms with E-state index in [-0.39, 0.29) is 12.5 Å². The molecule has 1 aromatic heterocycles. The van der Waals surface area contributed by atoms with Crippen LogP contribution in [0.2, 0.25) is 0 Å². The Morgan fingerprint density at radius 2 is 2.47 bits per heavy atom. The van der Waals surface area contributed by atoms with Crippen molar-refractivity contribution >= 4 is 12.2 Å². The maximum atomic E-state index is 11.1. The highest BCUT2D eigenvalue weighted by Crippen LogP contribution is 2.39. The molecule has 0 N–H and O–H groups in total. The van der Waals surface area contributed by atoms with Crippen LogP contribution in [0.4, 0.5) is 0 Å². The van der Waals surface area contributed by atoms with Crippen LogP contribution in [0, 0.1) is 0 Å². The monoisotopic (exact) mass is 232 g/mol. The summed E-state index contributed by atoms with van der Waals surface area (Å²) in [5.41, 5.74) is 2.11. The Hall–Kier alpha value is -1.71. The normalized spacial score (nSPS) is 15.1. The largest absolute Gasteiger partial charge is 0.465 e. The van der Waals surface area contributed by atoms with E-state index in [2.05, 4.69) is 9.98 Å². The predicted octanol–water partition coefficient (Wildman–Crippen LogP) is 1.94. The number of aliphatic imine (C=N–C) groups is 1. The molecule has 4 nitrogen and oxygen atoms in total. The van der Waals surface area contributed by atoms with E-state index in [0.29, 0.717) is 12.5 Å². The number of ether oxygens (including phenoxy) is 1. The number of carbonyl (C=O) groups is 1. The lowest BCUT2D eigenvalue weighted by Crippen LogP contribution is -2.07. The molecule has 0 bridgehead atoms. The van der Waals surface area contributed by atoms with E-state index in [1.807, 2.05) is 12.1 Å². The lowest BCUT2D eigenvalue weighted by molar-refractivity contribution is -0.141. The molecule has 0 atom stereocenters. The average molecular weight is 232 g/mol. The van der Waals surface area contributed by atoms with Crippen molar-refractivity contribution < 1.29 is 9.53 Å². The van der Waals surface area contributed by atoms with Gasteiger partial charge in [0.05, 0.1) is 12.3 Å². The van der Waals surface area contributed by atoms with Crippen LogP contribution in [-0.4, -0.2) is 30.3 Å². The van der Waals surface area contributed by atoms with Crippen molar-refractivity contribution in [1.29, 1.82) is 0 Å². The van der Waals surface area contributed by atoms with Crippen molar-refractivity contribution in [1.82, 2.24) is 4.98 Å². The Kier molecular flexibility index (Phi) is 3.85. The smallest absolute Gasteiger partial charge is 0.327 e. The van der Waals surface area contributed by atoms with Gasteiger partial charge in [-0.1, -0.05) is 6.07 Å². The van der Waals surface area contributed by atoms with Crippen molar-refractivity contribution in [3.63, 3.8) is 0 Å². The zero-order chi connectivity index (χ0) is 12.1. The minimum absolute atomic E-state index is 0.0762. The van der Waals surface area contributed by atoms with Crippen LogP contribution in [0.25, 0.3) is 0 Å². The lowest BCUT2D eigenvalue weighted by Gasteiger charge is -2.01. The van der Waals surface area contributed by atoms with Gasteiger partial charge in [-0.25, -0.2) is 0 Å². The first-order valence-corrected chi connectivity index (χ1v) is 5.91. The summed E-state index contributed by atoms with van der Waals surface area (Å²) < 4.78 is 4.80. The zero-order valence-corrected chi connectivity index (χ0v) is 9.93. The van der Waals surface area contributed by atoms with Crippen molar-refractivity contribution in [2.75, 3.05) is 13.2 Å². The molecule has 0 spiro atoms. The molecular formula is C13H16N2O2. The molecular weight excluding hydrogens is 216 g/mol. The fourth-order valence-electron chi connectivity index (χ4n) is 1.66. The van der Waals surface area contributed by atoms with E-state index in [0.717, 1.165) is 11.3 Å². The second-order valence-corrected chi connectivity index (χ2v) is 4.03. The van der Waals surface area contributed by atoms with E-state index < -0.39 is 0 Å². The van der Waals surface area contributed by atoms with E-state index in [1.54, 1.807) is 19.3 Å². The molecule has 0 aliphatic heterocycles. The number of carbonyl (C=O) groups excluding carboxylic acids is 1. The summed E-state index contributed by atoms with van der Waals surface area (Å²) in [6, 6.07) is 3.87. The third-order valence-corrected chi connectivity index (χ3v) is 2.59. The summed E-state index contributed by atoms with van der Waals surface area (Å²) >= 11 is 0. The number of rotatable bonds is 5. The molecule has 0 saturated heterocycles. The Morgan fingerprint density at radius 1 is 1.65 bits per heavy atom. The van der Waals surface area contributed by atoms with Gasteiger partial charge in [0.2, 0.25) is 0 Å². The number of pyridine rings is 1. The van der Waals surface area contributed by atoms with Gasteiger partial charge in [-0.2, -0.15) is 0 Å². The molecule has 0 unspecified atom stereocenters. The van der Waals surface area contributed by atoms with E-state index in [9.17, 15) is 4.79 Å². The first kappa shape index (κ1) is 11.8. The standard InChI is InChI=1S/C13H16N2O2/c1-2-17-12(16)9-14-8-11-4-3-7-15-13(11)10-5-6-10/h3-4,7-8,10H,2,5-6,9H2,1H3. The zero-order valence-electron chi connectivity index (χ0n) is 9.93. The van der Waals surface area contributed by atoms with Crippen molar-refractivity contribution in [3.05, 3.63) is 29.6 Å². The van der Waals surface area contributed by atoms with Gasteiger partial charge in [0.1, 0.15) is 6.54 Å². The summed E-state index contributed by atoms with van der Waals surface area (Å²) in [6.45, 7) is 2.26. The molecule has 1 aliphatic carbocycles. The van der Waals surface area contributed by atoms with Gasteiger partial charge in [0.15, 0.2) is 0 Å². The molecule has 0 radical (unpaired) electrons.